The average molecular weight is 170 g/mol. The number of nitrogens with one attached hydrogen (secondary N) is 1. The molecule has 0 rings (SSSR count). The van der Waals surface area contributed by atoms with Crippen molar-refractivity contribution in [3.63, 3.8) is 0 Å². The predicted molar refractivity (Wildman–Crippen MR) is 32.5 cm³/mol. The molecule has 1 atom stereocenters. The highest BCUT2D eigenvalue weighted by Crippen LogP contribution is 2.34. The topological polar surface area (TPSA) is 95.9 Å². The van der Waals surface area contributed by atoms with Gasteiger partial charge in [-0.2, -0.15) is 0 Å². The fourth-order valence-corrected chi connectivity index (χ4v) is 0.696. The van der Waals surface area contributed by atoms with Crippen LogP contribution in [-0.4, -0.2) is 29.6 Å². The third kappa shape index (κ3) is 4.46. The van der Waals surface area contributed by atoms with Crippen LogP contribution in [0.1, 0.15) is 0 Å². The molecule has 1 unspecified atom stereocenters. The van der Waals surface area contributed by atoms with Gasteiger partial charge in [0.15, 0.2) is 0 Å². The maximum atomic E-state index is 10.4. The minimum absolute atomic E-state index is 0.596. The summed E-state index contributed by atoms with van der Waals surface area (Å²) in [5, 5.41) is 9.82. The zero-order valence-electron chi connectivity index (χ0n) is 5.27. The molecule has 0 aliphatic carbocycles. The minimum atomic E-state index is -3.86. The molecule has 6 nitrogen and oxygen atoms in total. The maximum absolute atomic E-state index is 10.4. The Labute approximate surface area is 57.4 Å². The zero-order chi connectivity index (χ0) is 8.20. The van der Waals surface area contributed by atoms with Gasteiger partial charge in [0.2, 0.25) is 0 Å². The molecule has 3 N–H and O–H groups in total. The molecule has 0 saturated heterocycles. The van der Waals surface area contributed by atoms with Gasteiger partial charge in [-0.25, -0.2) is 9.65 Å². The Morgan fingerprint density at radius 3 is 2.60 bits per heavy atom. The van der Waals surface area contributed by atoms with Crippen molar-refractivity contribution in [2.75, 3.05) is 13.7 Å². The SMILES string of the molecule is COP(=O)(O)[15NH]CC(=O)O. The van der Waals surface area contributed by atoms with Gasteiger partial charge >= 0.3 is 13.7 Å². The highest BCUT2D eigenvalue weighted by atomic mass is 31.2. The number of rotatable bonds is 4. The summed E-state index contributed by atoms with van der Waals surface area (Å²) in [7, 11) is -2.85. The molecule has 0 aliphatic heterocycles. The monoisotopic (exact) mass is 170 g/mol. The van der Waals surface area contributed by atoms with Crippen LogP contribution in [0.3, 0.4) is 0 Å². The van der Waals surface area contributed by atoms with E-state index in [0.717, 1.165) is 7.11 Å². The first-order valence-corrected chi connectivity index (χ1v) is 3.91. The minimum Gasteiger partial charge on any atom is -0.480 e. The molecule has 0 aromatic carbocycles. The van der Waals surface area contributed by atoms with Gasteiger partial charge in [-0.05, 0) is 0 Å². The second kappa shape index (κ2) is 3.68. The predicted octanol–water partition coefficient (Wildman–Crippen LogP) is -0.593. The second-order valence-electron chi connectivity index (χ2n) is 1.43. The van der Waals surface area contributed by atoms with Crippen molar-refractivity contribution in [1.29, 1.82) is 0 Å². The van der Waals surface area contributed by atoms with Gasteiger partial charge in [-0.15, -0.1) is 0 Å². The van der Waals surface area contributed by atoms with Gasteiger partial charge in [0.05, 0.1) is 0 Å². The van der Waals surface area contributed by atoms with Crippen LogP contribution in [0.15, 0.2) is 0 Å². The highest BCUT2D eigenvalue weighted by Gasteiger charge is 2.16. The van der Waals surface area contributed by atoms with Crippen LogP contribution >= 0.6 is 7.75 Å². The lowest BCUT2D eigenvalue weighted by Gasteiger charge is -2.06. The summed E-state index contributed by atoms with van der Waals surface area (Å²) in [6.45, 7) is -0.596. The van der Waals surface area contributed by atoms with Crippen LogP contribution in [-0.2, 0) is 13.9 Å². The standard InChI is InChI=1S/C3H8NO5P/c1-9-10(7,8)4-2-3(5)6/h2H2,1H3,(H,5,6)(H2,4,7,8)/i4+1. The maximum Gasteiger partial charge on any atom is 0.403 e. The molecular weight excluding hydrogens is 162 g/mol. The van der Waals surface area contributed by atoms with E-state index in [0.29, 0.717) is 0 Å². The Bertz CT molecular complexity index is 168. The van der Waals surface area contributed by atoms with E-state index in [1.54, 1.807) is 5.09 Å². The summed E-state index contributed by atoms with van der Waals surface area (Å²) in [4.78, 5) is 18.3. The first-order valence-electron chi connectivity index (χ1n) is 2.33. The number of aliphatic carboxylic acids is 1. The van der Waals surface area contributed by atoms with Gasteiger partial charge in [0.25, 0.3) is 0 Å². The molecule has 0 bridgehead atoms. The fourth-order valence-electron chi connectivity index (χ4n) is 0.232. The Hall–Kier alpha value is -0.420. The summed E-state index contributed by atoms with van der Waals surface area (Å²) in [6, 6.07) is 0. The lowest BCUT2D eigenvalue weighted by Crippen LogP contribution is -2.20. The van der Waals surface area contributed by atoms with Crippen molar-refractivity contribution in [2.45, 2.75) is 0 Å². The van der Waals surface area contributed by atoms with E-state index in [9.17, 15) is 9.36 Å². The molecular formula is C3H8NO5P. The number of carboxylic acids is 1. The third-order valence-corrected chi connectivity index (χ3v) is 1.73. The van der Waals surface area contributed by atoms with Crippen molar-refractivity contribution in [2.24, 2.45) is 0 Å². The van der Waals surface area contributed by atoms with E-state index < -0.39 is 20.3 Å². The van der Waals surface area contributed by atoms with Crippen LogP contribution < -0.4 is 5.09 Å². The molecule has 0 fully saturated rings. The van der Waals surface area contributed by atoms with E-state index in [2.05, 4.69) is 4.52 Å². The Morgan fingerprint density at radius 1 is 1.80 bits per heavy atom. The van der Waals surface area contributed by atoms with Gasteiger partial charge in [0, 0.05) is 7.11 Å². The number of hydrogen-bond donors (Lipinski definition) is 3. The number of carboxylic acid groups (broad SMARTS) is 1. The summed E-state index contributed by atoms with van der Waals surface area (Å²) in [5.41, 5.74) is 0. The first kappa shape index (κ1) is 9.58. The number of carbonyl (C=O) groups is 1. The zero-order valence-corrected chi connectivity index (χ0v) is 6.17. The molecule has 0 radical (unpaired) electrons. The molecule has 0 aromatic heterocycles. The van der Waals surface area contributed by atoms with E-state index in [1.165, 1.54) is 0 Å². The van der Waals surface area contributed by atoms with Crippen molar-refractivity contribution >= 4 is 13.7 Å². The molecule has 60 valence electrons. The molecule has 0 amide bonds. The molecule has 0 aliphatic rings. The smallest absolute Gasteiger partial charge is 0.403 e. The summed E-state index contributed by atoms with van der Waals surface area (Å²) >= 11 is 0. The summed E-state index contributed by atoms with van der Waals surface area (Å²) < 4.78 is 14.5. The third-order valence-electron chi connectivity index (χ3n) is 0.678. The van der Waals surface area contributed by atoms with Crippen molar-refractivity contribution in [3.05, 3.63) is 0 Å². The quantitative estimate of drug-likeness (QED) is 0.385. The number of hydrogen-bond acceptors (Lipinski definition) is 3. The van der Waals surface area contributed by atoms with Crippen LogP contribution in [0.25, 0.3) is 0 Å². The van der Waals surface area contributed by atoms with Crippen LogP contribution in [0.2, 0.25) is 0 Å². The van der Waals surface area contributed by atoms with Gasteiger partial charge in [-0.3, -0.25) is 4.79 Å². The Kier molecular flexibility index (Phi) is 3.52. The van der Waals surface area contributed by atoms with Gasteiger partial charge in [0.1, 0.15) is 6.54 Å². The fraction of sp³-hybridized carbons (Fsp3) is 0.667. The van der Waals surface area contributed by atoms with E-state index in [4.69, 9.17) is 10.00 Å². The van der Waals surface area contributed by atoms with Crippen LogP contribution in [0, 0.1) is 0 Å². The van der Waals surface area contributed by atoms with Gasteiger partial charge < -0.3 is 14.5 Å². The highest BCUT2D eigenvalue weighted by molar-refractivity contribution is 7.50. The van der Waals surface area contributed by atoms with E-state index in [-0.39, 0.29) is 0 Å². The normalized spacial score (nSPS) is 16.2. The largest absolute Gasteiger partial charge is 0.480 e. The average Bonchev–Trinajstić information content (AvgIpc) is 1.85. The van der Waals surface area contributed by atoms with E-state index >= 15 is 0 Å². The molecule has 10 heavy (non-hydrogen) atoms. The Balaban J connectivity index is 3.68. The van der Waals surface area contributed by atoms with Crippen LogP contribution in [0.5, 0.6) is 0 Å². The lowest BCUT2D eigenvalue weighted by molar-refractivity contribution is -0.135. The summed E-state index contributed by atoms with van der Waals surface area (Å²) in [5.74, 6) is -1.22. The molecule has 0 spiro atoms. The van der Waals surface area contributed by atoms with Crippen LogP contribution in [0.4, 0.5) is 0 Å². The Morgan fingerprint density at radius 2 is 2.30 bits per heavy atom. The molecule has 0 saturated carbocycles. The summed E-state index contributed by atoms with van der Waals surface area (Å²) in [6.07, 6.45) is 0. The van der Waals surface area contributed by atoms with Crippen molar-refractivity contribution in [3.8, 4) is 0 Å². The lowest BCUT2D eigenvalue weighted by atomic mass is 10.7. The van der Waals surface area contributed by atoms with Gasteiger partial charge in [-0.1, -0.05) is 0 Å². The molecule has 0 heterocycles. The van der Waals surface area contributed by atoms with Crippen molar-refractivity contribution in [1.82, 2.24) is 5.09 Å². The molecule has 7 heteroatoms. The molecule has 0 aromatic rings. The van der Waals surface area contributed by atoms with Crippen molar-refractivity contribution < 1.29 is 23.9 Å². The van der Waals surface area contributed by atoms with E-state index in [1.807, 2.05) is 0 Å². The second-order valence-corrected chi connectivity index (χ2v) is 3.15. The first-order chi connectivity index (χ1) is 4.48.